The Hall–Kier alpha value is -3.29. The van der Waals surface area contributed by atoms with Crippen LogP contribution in [0, 0.1) is 17.5 Å². The number of carbonyl (C=O) groups is 1. The van der Waals surface area contributed by atoms with E-state index in [0.717, 1.165) is 12.1 Å². The molecule has 5 nitrogen and oxygen atoms in total. The van der Waals surface area contributed by atoms with Gasteiger partial charge in [-0.2, -0.15) is 0 Å². The number of amides is 1. The summed E-state index contributed by atoms with van der Waals surface area (Å²) in [5.41, 5.74) is 0.500. The van der Waals surface area contributed by atoms with E-state index in [4.69, 9.17) is 9.26 Å². The van der Waals surface area contributed by atoms with Crippen molar-refractivity contribution in [3.63, 3.8) is 0 Å². The second-order valence-electron chi connectivity index (χ2n) is 5.64. The van der Waals surface area contributed by atoms with Crippen LogP contribution in [0.1, 0.15) is 13.3 Å². The van der Waals surface area contributed by atoms with Crippen molar-refractivity contribution in [2.45, 2.75) is 19.4 Å². The number of para-hydroxylation sites is 1. The number of ether oxygens (including phenoxy) is 1. The van der Waals surface area contributed by atoms with Crippen LogP contribution in [0.3, 0.4) is 0 Å². The van der Waals surface area contributed by atoms with Gasteiger partial charge in [-0.05, 0) is 36.8 Å². The summed E-state index contributed by atoms with van der Waals surface area (Å²) in [4.78, 5) is 12.3. The monoisotopic (exact) mass is 376 g/mol. The molecule has 140 valence electrons. The van der Waals surface area contributed by atoms with Crippen molar-refractivity contribution in [1.82, 2.24) is 5.16 Å². The highest BCUT2D eigenvalue weighted by Crippen LogP contribution is 2.24. The predicted molar refractivity (Wildman–Crippen MR) is 91.6 cm³/mol. The van der Waals surface area contributed by atoms with Crippen LogP contribution >= 0.6 is 0 Å². The van der Waals surface area contributed by atoms with Crippen LogP contribution in [0.15, 0.2) is 53.1 Å². The predicted octanol–water partition coefficient (Wildman–Crippen LogP) is 4.56. The van der Waals surface area contributed by atoms with Crippen molar-refractivity contribution in [1.29, 1.82) is 0 Å². The lowest BCUT2D eigenvalue weighted by Gasteiger charge is -2.16. The van der Waals surface area contributed by atoms with Gasteiger partial charge in [0.25, 0.3) is 5.91 Å². The number of anilines is 1. The van der Waals surface area contributed by atoms with Crippen molar-refractivity contribution in [2.24, 2.45) is 0 Å². The molecule has 0 saturated carbocycles. The van der Waals surface area contributed by atoms with Crippen LogP contribution in [0.2, 0.25) is 0 Å². The summed E-state index contributed by atoms with van der Waals surface area (Å²) < 4.78 is 50.4. The Kier molecular flexibility index (Phi) is 5.44. The molecule has 1 amide bonds. The minimum atomic E-state index is -1.02. The minimum absolute atomic E-state index is 0.00434. The molecule has 1 N–H and O–H groups in total. The first-order valence-corrected chi connectivity index (χ1v) is 8.12. The Morgan fingerprint density at radius 1 is 1.11 bits per heavy atom. The van der Waals surface area contributed by atoms with E-state index in [-0.39, 0.29) is 29.3 Å². The van der Waals surface area contributed by atoms with Gasteiger partial charge in [-0.1, -0.05) is 24.2 Å². The highest BCUT2D eigenvalue weighted by atomic mass is 19.2. The number of carbonyl (C=O) groups excluding carboxylic acids is 1. The maximum absolute atomic E-state index is 13.7. The average molecular weight is 376 g/mol. The zero-order valence-corrected chi connectivity index (χ0v) is 14.2. The van der Waals surface area contributed by atoms with E-state index >= 15 is 0 Å². The topological polar surface area (TPSA) is 64.4 Å². The van der Waals surface area contributed by atoms with Gasteiger partial charge in [0.2, 0.25) is 5.88 Å². The van der Waals surface area contributed by atoms with E-state index < -0.39 is 29.5 Å². The van der Waals surface area contributed by atoms with Crippen LogP contribution in [0.25, 0.3) is 11.3 Å². The molecule has 3 aromatic rings. The molecule has 1 heterocycles. The molecule has 0 aliphatic carbocycles. The lowest BCUT2D eigenvalue weighted by Crippen LogP contribution is -2.32. The molecule has 0 radical (unpaired) electrons. The molecule has 1 atom stereocenters. The molecule has 0 unspecified atom stereocenters. The fourth-order valence-electron chi connectivity index (χ4n) is 2.34. The van der Waals surface area contributed by atoms with Gasteiger partial charge in [-0.25, -0.2) is 13.2 Å². The van der Waals surface area contributed by atoms with E-state index in [1.807, 2.05) is 0 Å². The first kappa shape index (κ1) is 18.5. The number of nitrogens with zero attached hydrogens (tertiary/aromatic N) is 1. The average Bonchev–Trinajstić information content (AvgIpc) is 3.11. The lowest BCUT2D eigenvalue weighted by atomic mass is 10.1. The first-order chi connectivity index (χ1) is 13.0. The van der Waals surface area contributed by atoms with Gasteiger partial charge in [-0.15, -0.1) is 0 Å². The van der Waals surface area contributed by atoms with Crippen LogP contribution in [-0.4, -0.2) is 17.2 Å². The van der Waals surface area contributed by atoms with Crippen LogP contribution < -0.4 is 10.1 Å². The molecule has 3 rings (SSSR count). The van der Waals surface area contributed by atoms with E-state index in [0.29, 0.717) is 0 Å². The van der Waals surface area contributed by atoms with Crippen molar-refractivity contribution >= 4 is 11.8 Å². The summed E-state index contributed by atoms with van der Waals surface area (Å²) in [7, 11) is 0. The molecule has 0 aliphatic rings. The number of benzene rings is 2. The van der Waals surface area contributed by atoms with Crippen LogP contribution in [0.5, 0.6) is 5.75 Å². The SMILES string of the molecule is CC[C@H](Oc1ccccc1F)C(=O)Nc1cc(-c2ccc(F)c(F)c2)no1. The summed E-state index contributed by atoms with van der Waals surface area (Å²) in [6, 6.07) is 10.4. The number of aromatic nitrogens is 1. The molecule has 0 bridgehead atoms. The number of halogens is 3. The van der Waals surface area contributed by atoms with E-state index in [1.54, 1.807) is 13.0 Å². The summed E-state index contributed by atoms with van der Waals surface area (Å²) in [5, 5.41) is 6.18. The largest absolute Gasteiger partial charge is 0.478 e. The first-order valence-electron chi connectivity index (χ1n) is 8.12. The Morgan fingerprint density at radius 3 is 2.59 bits per heavy atom. The van der Waals surface area contributed by atoms with Gasteiger partial charge in [0.15, 0.2) is 29.3 Å². The van der Waals surface area contributed by atoms with Gasteiger partial charge in [0, 0.05) is 11.6 Å². The molecule has 1 aromatic heterocycles. The Labute approximate surface area is 152 Å². The van der Waals surface area contributed by atoms with E-state index in [1.165, 1.54) is 30.3 Å². The lowest BCUT2D eigenvalue weighted by molar-refractivity contribution is -0.123. The van der Waals surface area contributed by atoms with Gasteiger partial charge in [0.05, 0.1) is 0 Å². The molecule has 2 aromatic carbocycles. The molecular formula is C19H15F3N2O3. The number of nitrogens with one attached hydrogen (secondary N) is 1. The van der Waals surface area contributed by atoms with Crippen molar-refractivity contribution in [3.8, 4) is 17.0 Å². The summed E-state index contributed by atoms with van der Waals surface area (Å²) in [5.74, 6) is -3.19. The second-order valence-corrected chi connectivity index (χ2v) is 5.64. The highest BCUT2D eigenvalue weighted by molar-refractivity contribution is 5.93. The quantitative estimate of drug-likeness (QED) is 0.685. The maximum Gasteiger partial charge on any atom is 0.267 e. The standard InChI is InChI=1S/C19H15F3N2O3/c1-2-16(26-17-6-4-3-5-13(17)21)19(25)23-18-10-15(24-27-18)11-7-8-12(20)14(22)9-11/h3-10,16H,2H2,1H3,(H,23,25)/t16-/m0/s1. The van der Waals surface area contributed by atoms with Crippen LogP contribution in [0.4, 0.5) is 19.1 Å². The molecule has 0 saturated heterocycles. The number of hydrogen-bond acceptors (Lipinski definition) is 4. The molecule has 8 heteroatoms. The summed E-state index contributed by atoms with van der Waals surface area (Å²) in [6.45, 7) is 1.71. The third kappa shape index (κ3) is 4.28. The normalized spacial score (nSPS) is 11.9. The third-order valence-electron chi connectivity index (χ3n) is 3.74. The molecule has 0 aliphatic heterocycles. The van der Waals surface area contributed by atoms with E-state index in [9.17, 15) is 18.0 Å². The fourth-order valence-corrected chi connectivity index (χ4v) is 2.34. The van der Waals surface area contributed by atoms with Crippen molar-refractivity contribution < 1.29 is 27.2 Å². The van der Waals surface area contributed by atoms with Gasteiger partial charge >= 0.3 is 0 Å². The summed E-state index contributed by atoms with van der Waals surface area (Å²) in [6.07, 6.45) is -0.677. The van der Waals surface area contributed by atoms with Gasteiger partial charge in [0.1, 0.15) is 5.69 Å². The third-order valence-corrected chi connectivity index (χ3v) is 3.74. The van der Waals surface area contributed by atoms with Crippen LogP contribution in [-0.2, 0) is 4.79 Å². The summed E-state index contributed by atoms with van der Waals surface area (Å²) >= 11 is 0. The zero-order chi connectivity index (χ0) is 19.4. The molecular weight excluding hydrogens is 361 g/mol. The Balaban J connectivity index is 1.70. The Morgan fingerprint density at radius 2 is 1.89 bits per heavy atom. The number of rotatable bonds is 6. The zero-order valence-electron chi connectivity index (χ0n) is 14.2. The van der Waals surface area contributed by atoms with Gasteiger partial charge < -0.3 is 9.26 Å². The highest BCUT2D eigenvalue weighted by Gasteiger charge is 2.21. The Bertz CT molecular complexity index is 959. The second kappa shape index (κ2) is 7.94. The molecule has 27 heavy (non-hydrogen) atoms. The van der Waals surface area contributed by atoms with Gasteiger partial charge in [-0.3, -0.25) is 10.1 Å². The molecule has 0 spiro atoms. The van der Waals surface area contributed by atoms with Crippen molar-refractivity contribution in [3.05, 3.63) is 66.0 Å². The smallest absolute Gasteiger partial charge is 0.267 e. The fraction of sp³-hybridized carbons (Fsp3) is 0.158. The maximum atomic E-state index is 13.7. The number of hydrogen-bond donors (Lipinski definition) is 1. The minimum Gasteiger partial charge on any atom is -0.478 e. The van der Waals surface area contributed by atoms with E-state index in [2.05, 4.69) is 10.5 Å². The molecule has 0 fully saturated rings. The van der Waals surface area contributed by atoms with Crippen molar-refractivity contribution in [2.75, 3.05) is 5.32 Å².